The number of nitrogens with zero attached hydrogens (tertiary/aromatic N) is 1. The fraction of sp³-hybridized carbons (Fsp3) is 0.706. The van der Waals surface area contributed by atoms with Crippen LogP contribution in [0.4, 0.5) is 0 Å². The Bertz CT molecular complexity index is 533. The minimum Gasteiger partial charge on any atom is -0.456 e. The molecule has 1 aromatic rings. The number of carbonyl (C=O) groups is 2. The lowest BCUT2D eigenvalue weighted by molar-refractivity contribution is -0.148. The number of esters is 1. The minimum absolute atomic E-state index is 0.205. The van der Waals surface area contributed by atoms with E-state index in [1.165, 1.54) is 6.42 Å². The van der Waals surface area contributed by atoms with Crippen molar-refractivity contribution in [3.8, 4) is 0 Å². The molecule has 0 bridgehead atoms. The number of hydrogen-bond donors (Lipinski definition) is 1. The molecule has 1 aliphatic carbocycles. The summed E-state index contributed by atoms with van der Waals surface area (Å²) in [7, 11) is 0. The molecule has 1 aliphatic rings. The number of nitrogens with one attached hydrogen (secondary N) is 1. The Morgan fingerprint density at radius 1 is 1.30 bits per heavy atom. The van der Waals surface area contributed by atoms with Crippen LogP contribution in [0.25, 0.3) is 0 Å². The number of rotatable bonds is 6. The van der Waals surface area contributed by atoms with Crippen molar-refractivity contribution in [3.05, 3.63) is 17.0 Å². The third-order valence-electron chi connectivity index (χ3n) is 4.58. The molecule has 0 spiro atoms. The summed E-state index contributed by atoms with van der Waals surface area (Å²) >= 11 is 0. The Morgan fingerprint density at radius 3 is 2.70 bits per heavy atom. The Hall–Kier alpha value is -1.85. The van der Waals surface area contributed by atoms with Gasteiger partial charge in [0.15, 0.2) is 6.61 Å². The van der Waals surface area contributed by atoms with Crippen molar-refractivity contribution in [2.75, 3.05) is 6.61 Å². The molecule has 0 aromatic carbocycles. The molecule has 128 valence electrons. The molecule has 2 rings (SSSR count). The zero-order chi connectivity index (χ0) is 16.8. The molecule has 2 atom stereocenters. The predicted molar refractivity (Wildman–Crippen MR) is 84.8 cm³/mol. The molecule has 1 saturated carbocycles. The van der Waals surface area contributed by atoms with Crippen molar-refractivity contribution in [3.63, 3.8) is 0 Å². The van der Waals surface area contributed by atoms with Crippen LogP contribution in [0.5, 0.6) is 0 Å². The Kier molecular flexibility index (Phi) is 6.19. The van der Waals surface area contributed by atoms with E-state index in [9.17, 15) is 9.59 Å². The summed E-state index contributed by atoms with van der Waals surface area (Å²) in [6, 6.07) is 0.206. The van der Waals surface area contributed by atoms with E-state index < -0.39 is 0 Å². The maximum absolute atomic E-state index is 11.9. The lowest BCUT2D eigenvalue weighted by Gasteiger charge is -2.29. The number of amides is 1. The average molecular weight is 322 g/mol. The van der Waals surface area contributed by atoms with Crippen molar-refractivity contribution >= 4 is 11.9 Å². The van der Waals surface area contributed by atoms with Crippen LogP contribution >= 0.6 is 0 Å². The lowest BCUT2D eigenvalue weighted by Crippen LogP contribution is -2.42. The van der Waals surface area contributed by atoms with Crippen molar-refractivity contribution in [1.82, 2.24) is 10.5 Å². The van der Waals surface area contributed by atoms with Gasteiger partial charge in [-0.1, -0.05) is 24.9 Å². The largest absolute Gasteiger partial charge is 0.456 e. The normalized spacial score (nSPS) is 21.0. The molecule has 6 nitrogen and oxygen atoms in total. The maximum atomic E-state index is 11.9. The standard InChI is InChI=1S/C17H26N2O4/c1-11-6-4-5-7-15(11)18-16(20)10-22-17(21)9-8-14-12(2)19-23-13(14)3/h11,15H,4-10H2,1-3H3,(H,18,20)/t11-,15+/m1/s1. The summed E-state index contributed by atoms with van der Waals surface area (Å²) in [4.78, 5) is 23.7. The van der Waals surface area contributed by atoms with Gasteiger partial charge in [-0.3, -0.25) is 9.59 Å². The van der Waals surface area contributed by atoms with Crippen LogP contribution in [-0.4, -0.2) is 29.7 Å². The van der Waals surface area contributed by atoms with Gasteiger partial charge in [0.25, 0.3) is 5.91 Å². The Balaban J connectivity index is 1.68. The molecule has 0 radical (unpaired) electrons. The van der Waals surface area contributed by atoms with Crippen LogP contribution in [-0.2, 0) is 20.7 Å². The summed E-state index contributed by atoms with van der Waals surface area (Å²) in [5, 5.41) is 6.82. The third kappa shape index (κ3) is 5.08. The first kappa shape index (κ1) is 17.5. The summed E-state index contributed by atoms with van der Waals surface area (Å²) in [6.45, 7) is 5.61. The van der Waals surface area contributed by atoms with Gasteiger partial charge in [0.2, 0.25) is 0 Å². The van der Waals surface area contributed by atoms with Gasteiger partial charge in [-0.25, -0.2) is 0 Å². The molecule has 0 aliphatic heterocycles. The van der Waals surface area contributed by atoms with E-state index >= 15 is 0 Å². The molecule has 23 heavy (non-hydrogen) atoms. The number of aromatic nitrogens is 1. The summed E-state index contributed by atoms with van der Waals surface area (Å²) in [5.74, 6) is 0.619. The second-order valence-electron chi connectivity index (χ2n) is 6.40. The summed E-state index contributed by atoms with van der Waals surface area (Å²) in [5.41, 5.74) is 1.72. The zero-order valence-corrected chi connectivity index (χ0v) is 14.2. The van der Waals surface area contributed by atoms with Gasteiger partial charge in [-0.15, -0.1) is 0 Å². The lowest BCUT2D eigenvalue weighted by atomic mass is 9.86. The second-order valence-corrected chi connectivity index (χ2v) is 6.40. The van der Waals surface area contributed by atoms with Crippen LogP contribution in [0.1, 0.15) is 56.0 Å². The molecular formula is C17H26N2O4. The second kappa shape index (κ2) is 8.13. The number of aryl methyl sites for hydroxylation is 2. The van der Waals surface area contributed by atoms with E-state index in [1.54, 1.807) is 0 Å². The van der Waals surface area contributed by atoms with E-state index in [4.69, 9.17) is 9.26 Å². The first-order chi connectivity index (χ1) is 11.0. The van der Waals surface area contributed by atoms with Gasteiger partial charge in [0, 0.05) is 18.0 Å². The zero-order valence-electron chi connectivity index (χ0n) is 14.2. The van der Waals surface area contributed by atoms with Gasteiger partial charge in [0.1, 0.15) is 5.76 Å². The van der Waals surface area contributed by atoms with Crippen LogP contribution in [0.15, 0.2) is 4.52 Å². The maximum Gasteiger partial charge on any atom is 0.306 e. The highest BCUT2D eigenvalue weighted by atomic mass is 16.5. The minimum atomic E-state index is -0.378. The number of ether oxygens (including phenoxy) is 1. The molecule has 1 heterocycles. The third-order valence-corrected chi connectivity index (χ3v) is 4.58. The fourth-order valence-electron chi connectivity index (χ4n) is 3.08. The van der Waals surface area contributed by atoms with Crippen molar-refractivity contribution < 1.29 is 18.8 Å². The van der Waals surface area contributed by atoms with E-state index in [0.29, 0.717) is 12.3 Å². The van der Waals surface area contributed by atoms with Gasteiger partial charge >= 0.3 is 5.97 Å². The van der Waals surface area contributed by atoms with E-state index in [-0.39, 0.29) is 30.9 Å². The van der Waals surface area contributed by atoms with Gasteiger partial charge < -0.3 is 14.6 Å². The number of carbonyl (C=O) groups excluding carboxylic acids is 2. The first-order valence-electron chi connectivity index (χ1n) is 8.34. The fourth-order valence-corrected chi connectivity index (χ4v) is 3.08. The molecule has 1 fully saturated rings. The van der Waals surface area contributed by atoms with Crippen molar-refractivity contribution in [1.29, 1.82) is 0 Å². The smallest absolute Gasteiger partial charge is 0.306 e. The average Bonchev–Trinajstić information content (AvgIpc) is 2.84. The SMILES string of the molecule is Cc1noc(C)c1CCC(=O)OCC(=O)N[C@H]1CCCC[C@H]1C. The Labute approximate surface area is 136 Å². The molecule has 1 N–H and O–H groups in total. The Morgan fingerprint density at radius 2 is 2.04 bits per heavy atom. The van der Waals surface area contributed by atoms with Gasteiger partial charge in [-0.05, 0) is 39.0 Å². The molecule has 0 unspecified atom stereocenters. The van der Waals surface area contributed by atoms with Gasteiger partial charge in [-0.2, -0.15) is 0 Å². The summed E-state index contributed by atoms with van der Waals surface area (Å²) < 4.78 is 10.1. The van der Waals surface area contributed by atoms with Crippen LogP contribution in [0.3, 0.4) is 0 Å². The predicted octanol–water partition coefficient (Wildman–Crippen LogP) is 2.46. The number of hydrogen-bond acceptors (Lipinski definition) is 5. The van der Waals surface area contributed by atoms with Crippen molar-refractivity contribution in [2.45, 2.75) is 65.3 Å². The van der Waals surface area contributed by atoms with Crippen LogP contribution in [0.2, 0.25) is 0 Å². The highest BCUT2D eigenvalue weighted by Gasteiger charge is 2.23. The van der Waals surface area contributed by atoms with Gasteiger partial charge in [0.05, 0.1) is 5.69 Å². The van der Waals surface area contributed by atoms with Crippen molar-refractivity contribution in [2.24, 2.45) is 5.92 Å². The highest BCUT2D eigenvalue weighted by Crippen LogP contribution is 2.23. The topological polar surface area (TPSA) is 81.4 Å². The first-order valence-corrected chi connectivity index (χ1v) is 8.34. The molecular weight excluding hydrogens is 296 g/mol. The molecule has 1 amide bonds. The molecule has 6 heteroatoms. The molecule has 0 saturated heterocycles. The van der Waals surface area contributed by atoms with Crippen LogP contribution in [0, 0.1) is 19.8 Å². The quantitative estimate of drug-likeness (QED) is 0.814. The van der Waals surface area contributed by atoms with E-state index in [2.05, 4.69) is 17.4 Å². The summed E-state index contributed by atoms with van der Waals surface area (Å²) in [6.07, 6.45) is 5.25. The molecule has 1 aromatic heterocycles. The van der Waals surface area contributed by atoms with E-state index in [0.717, 1.165) is 36.3 Å². The van der Waals surface area contributed by atoms with E-state index in [1.807, 2.05) is 13.8 Å². The monoisotopic (exact) mass is 322 g/mol. The van der Waals surface area contributed by atoms with Crippen LogP contribution < -0.4 is 5.32 Å². The highest BCUT2D eigenvalue weighted by molar-refractivity contribution is 5.80.